The third kappa shape index (κ3) is 3.40. The third-order valence-electron chi connectivity index (χ3n) is 4.78. The van der Waals surface area contributed by atoms with E-state index in [0.29, 0.717) is 0 Å². The smallest absolute Gasteiger partial charge is 0.122 e. The van der Waals surface area contributed by atoms with Crippen molar-refractivity contribution in [2.45, 2.75) is 52.2 Å². The quantitative estimate of drug-likeness (QED) is 0.884. The van der Waals surface area contributed by atoms with Gasteiger partial charge < -0.3 is 9.73 Å². The number of hydrogen-bond acceptors (Lipinski definition) is 3. The van der Waals surface area contributed by atoms with Crippen molar-refractivity contribution in [3.63, 3.8) is 0 Å². The molecule has 1 aliphatic carbocycles. The number of likely N-dealkylation sites (tertiary alicyclic amines) is 1. The molecule has 3 heteroatoms. The molecule has 0 aromatic carbocycles. The van der Waals surface area contributed by atoms with Crippen LogP contribution in [0.4, 0.5) is 0 Å². The fraction of sp³-hybridized carbons (Fsp3) is 0.750. The van der Waals surface area contributed by atoms with Crippen molar-refractivity contribution in [3.05, 3.63) is 23.7 Å². The molecule has 1 N–H and O–H groups in total. The molecule has 2 aliphatic rings. The molecule has 1 saturated heterocycles. The van der Waals surface area contributed by atoms with Crippen molar-refractivity contribution in [1.29, 1.82) is 0 Å². The lowest BCUT2D eigenvalue weighted by Crippen LogP contribution is -2.38. The zero-order valence-corrected chi connectivity index (χ0v) is 12.2. The summed E-state index contributed by atoms with van der Waals surface area (Å²) in [4.78, 5) is 2.58. The Bertz CT molecular complexity index is 411. The van der Waals surface area contributed by atoms with E-state index in [1.807, 2.05) is 6.26 Å². The topological polar surface area (TPSA) is 28.4 Å². The van der Waals surface area contributed by atoms with Crippen LogP contribution in [0.5, 0.6) is 0 Å². The molecular weight excluding hydrogens is 236 g/mol. The highest BCUT2D eigenvalue weighted by molar-refractivity contribution is 5.17. The van der Waals surface area contributed by atoms with E-state index in [-0.39, 0.29) is 0 Å². The van der Waals surface area contributed by atoms with Gasteiger partial charge in [-0.3, -0.25) is 4.90 Å². The van der Waals surface area contributed by atoms with Crippen molar-refractivity contribution >= 4 is 0 Å². The average molecular weight is 262 g/mol. The number of nitrogens with one attached hydrogen (secondary N) is 1. The second-order valence-electron chi connectivity index (χ2n) is 6.50. The highest BCUT2D eigenvalue weighted by Crippen LogP contribution is 2.25. The minimum absolute atomic E-state index is 0.744. The van der Waals surface area contributed by atoms with Gasteiger partial charge in [-0.25, -0.2) is 0 Å². The lowest BCUT2D eigenvalue weighted by atomic mass is 9.88. The highest BCUT2D eigenvalue weighted by Gasteiger charge is 2.24. The van der Waals surface area contributed by atoms with Crippen molar-refractivity contribution in [2.75, 3.05) is 13.1 Å². The zero-order valence-electron chi connectivity index (χ0n) is 12.2. The molecule has 2 unspecified atom stereocenters. The fourth-order valence-corrected chi connectivity index (χ4v) is 2.92. The number of nitrogens with zero attached hydrogens (tertiary/aromatic N) is 1. The lowest BCUT2D eigenvalue weighted by Gasteiger charge is -2.35. The van der Waals surface area contributed by atoms with Gasteiger partial charge in [0.1, 0.15) is 5.76 Å². The molecule has 2 atom stereocenters. The second kappa shape index (κ2) is 5.68. The van der Waals surface area contributed by atoms with Crippen LogP contribution >= 0.6 is 0 Å². The van der Waals surface area contributed by atoms with E-state index in [1.165, 1.54) is 37.9 Å². The average Bonchev–Trinajstić information content (AvgIpc) is 3.12. The molecule has 3 nitrogen and oxygen atoms in total. The summed E-state index contributed by atoms with van der Waals surface area (Å²) < 4.78 is 5.64. The molecule has 0 radical (unpaired) electrons. The Morgan fingerprint density at radius 2 is 2.11 bits per heavy atom. The summed E-state index contributed by atoms with van der Waals surface area (Å²) in [5.41, 5.74) is 1.37. The molecule has 1 aliphatic heterocycles. The monoisotopic (exact) mass is 262 g/mol. The van der Waals surface area contributed by atoms with Gasteiger partial charge in [0.25, 0.3) is 0 Å². The van der Waals surface area contributed by atoms with E-state index in [2.05, 4.69) is 30.1 Å². The van der Waals surface area contributed by atoms with Crippen LogP contribution in [0.3, 0.4) is 0 Å². The Labute approximate surface area is 116 Å². The SMILES string of the molecule is CC1CCN(Cc2ccoc2CNC2CC2)CC1C. The summed E-state index contributed by atoms with van der Waals surface area (Å²) >= 11 is 0. The maximum atomic E-state index is 5.64. The molecule has 0 bridgehead atoms. The zero-order chi connectivity index (χ0) is 13.2. The highest BCUT2D eigenvalue weighted by atomic mass is 16.3. The molecule has 1 saturated carbocycles. The summed E-state index contributed by atoms with van der Waals surface area (Å²) in [6, 6.07) is 2.89. The van der Waals surface area contributed by atoms with E-state index in [9.17, 15) is 0 Å². The standard InChI is InChI=1S/C16H26N2O/c1-12-5-7-18(10-13(12)2)11-14-6-8-19-16(14)9-17-15-3-4-15/h6,8,12-13,15,17H,3-5,7,9-11H2,1-2H3. The van der Waals surface area contributed by atoms with Crippen LogP contribution < -0.4 is 5.32 Å². The van der Waals surface area contributed by atoms with Gasteiger partial charge in [-0.05, 0) is 43.7 Å². The van der Waals surface area contributed by atoms with Gasteiger partial charge in [-0.15, -0.1) is 0 Å². The first-order valence-corrected chi connectivity index (χ1v) is 7.73. The van der Waals surface area contributed by atoms with Crippen LogP contribution in [0.15, 0.2) is 16.7 Å². The predicted octanol–water partition coefficient (Wildman–Crippen LogP) is 3.01. The minimum Gasteiger partial charge on any atom is -0.468 e. The first-order valence-electron chi connectivity index (χ1n) is 7.73. The first kappa shape index (κ1) is 13.2. The van der Waals surface area contributed by atoms with Gasteiger partial charge in [0, 0.05) is 24.7 Å². The van der Waals surface area contributed by atoms with Crippen LogP contribution in [0.2, 0.25) is 0 Å². The molecule has 106 valence electrons. The Morgan fingerprint density at radius 1 is 1.26 bits per heavy atom. The van der Waals surface area contributed by atoms with E-state index in [0.717, 1.165) is 36.7 Å². The molecule has 2 fully saturated rings. The number of rotatable bonds is 5. The van der Waals surface area contributed by atoms with E-state index < -0.39 is 0 Å². The maximum Gasteiger partial charge on any atom is 0.122 e. The van der Waals surface area contributed by atoms with Crippen LogP contribution in [-0.2, 0) is 13.1 Å². The van der Waals surface area contributed by atoms with Crippen LogP contribution in [0.1, 0.15) is 44.4 Å². The Hall–Kier alpha value is -0.800. The molecule has 0 amide bonds. The molecule has 1 aromatic heterocycles. The molecule has 1 aromatic rings. The largest absolute Gasteiger partial charge is 0.468 e. The molecule has 3 rings (SSSR count). The fourth-order valence-electron chi connectivity index (χ4n) is 2.92. The van der Waals surface area contributed by atoms with Crippen molar-refractivity contribution in [2.24, 2.45) is 11.8 Å². The third-order valence-corrected chi connectivity index (χ3v) is 4.78. The van der Waals surface area contributed by atoms with Crippen molar-refractivity contribution < 1.29 is 4.42 Å². The number of furan rings is 1. The summed E-state index contributed by atoms with van der Waals surface area (Å²) in [7, 11) is 0. The van der Waals surface area contributed by atoms with Gasteiger partial charge >= 0.3 is 0 Å². The molecule has 0 spiro atoms. The predicted molar refractivity (Wildman–Crippen MR) is 76.8 cm³/mol. The first-order chi connectivity index (χ1) is 9.22. The molecule has 2 heterocycles. The van der Waals surface area contributed by atoms with Gasteiger partial charge in [-0.2, -0.15) is 0 Å². The van der Waals surface area contributed by atoms with Gasteiger partial charge in [-0.1, -0.05) is 13.8 Å². The second-order valence-corrected chi connectivity index (χ2v) is 6.50. The summed E-state index contributed by atoms with van der Waals surface area (Å²) in [6.45, 7) is 9.16. The van der Waals surface area contributed by atoms with E-state index in [1.54, 1.807) is 0 Å². The minimum atomic E-state index is 0.744. The molecule has 19 heavy (non-hydrogen) atoms. The normalized spacial score (nSPS) is 28.7. The van der Waals surface area contributed by atoms with Crippen LogP contribution in [0.25, 0.3) is 0 Å². The van der Waals surface area contributed by atoms with E-state index in [4.69, 9.17) is 4.42 Å². The summed E-state index contributed by atoms with van der Waals surface area (Å²) in [5.74, 6) is 2.82. The Kier molecular flexibility index (Phi) is 3.94. The van der Waals surface area contributed by atoms with Crippen LogP contribution in [-0.4, -0.2) is 24.0 Å². The Balaban J connectivity index is 1.55. The van der Waals surface area contributed by atoms with Gasteiger partial charge in [0.05, 0.1) is 12.8 Å². The summed E-state index contributed by atoms with van der Waals surface area (Å²) in [6.07, 6.45) is 5.83. The van der Waals surface area contributed by atoms with Crippen molar-refractivity contribution in [1.82, 2.24) is 10.2 Å². The lowest BCUT2D eigenvalue weighted by molar-refractivity contribution is 0.131. The van der Waals surface area contributed by atoms with Crippen molar-refractivity contribution in [3.8, 4) is 0 Å². The van der Waals surface area contributed by atoms with E-state index >= 15 is 0 Å². The Morgan fingerprint density at radius 3 is 2.84 bits per heavy atom. The summed E-state index contributed by atoms with van der Waals surface area (Å²) in [5, 5.41) is 3.54. The van der Waals surface area contributed by atoms with Gasteiger partial charge in [0.15, 0.2) is 0 Å². The van der Waals surface area contributed by atoms with Crippen LogP contribution in [0, 0.1) is 11.8 Å². The number of piperidine rings is 1. The molecular formula is C16H26N2O. The maximum absolute atomic E-state index is 5.64. The van der Waals surface area contributed by atoms with Gasteiger partial charge in [0.2, 0.25) is 0 Å². The number of hydrogen-bond donors (Lipinski definition) is 1.